The highest BCUT2D eigenvalue weighted by molar-refractivity contribution is 5.82. The summed E-state index contributed by atoms with van der Waals surface area (Å²) in [6, 6.07) is 5.73. The number of nitrogens with one attached hydrogen (secondary N) is 1. The fraction of sp³-hybridized carbons (Fsp3) is 0.611. The lowest BCUT2D eigenvalue weighted by atomic mass is 9.91. The minimum atomic E-state index is 0.207. The standard InChI is InChI=1S/C18H26N2O3/c1-20(12-13-4-5-14(22-2)10-16(13)23-3)17(21)15-11-18(15)6-8-19-9-7-18/h4-5,10,15,19H,6-9,11-12H2,1-3H3. The number of carbonyl (C=O) groups is 1. The van der Waals surface area contributed by atoms with Crippen LogP contribution in [0.1, 0.15) is 24.8 Å². The van der Waals surface area contributed by atoms with E-state index in [4.69, 9.17) is 9.47 Å². The van der Waals surface area contributed by atoms with Crippen LogP contribution < -0.4 is 14.8 Å². The summed E-state index contributed by atoms with van der Waals surface area (Å²) in [5.74, 6) is 2.00. The highest BCUT2D eigenvalue weighted by Crippen LogP contribution is 2.59. The second-order valence-electron chi connectivity index (χ2n) is 6.74. The zero-order valence-corrected chi connectivity index (χ0v) is 14.2. The molecule has 1 aliphatic carbocycles. The Kier molecular flexibility index (Phi) is 4.48. The molecule has 1 saturated heterocycles. The van der Waals surface area contributed by atoms with Crippen LogP contribution >= 0.6 is 0 Å². The van der Waals surface area contributed by atoms with Crippen molar-refractivity contribution in [3.05, 3.63) is 23.8 Å². The number of methoxy groups -OCH3 is 2. The Morgan fingerprint density at radius 2 is 2.04 bits per heavy atom. The first-order chi connectivity index (χ1) is 11.1. The minimum absolute atomic E-state index is 0.207. The first-order valence-corrected chi connectivity index (χ1v) is 8.26. The lowest BCUT2D eigenvalue weighted by Crippen LogP contribution is -2.34. The van der Waals surface area contributed by atoms with Crippen molar-refractivity contribution < 1.29 is 14.3 Å². The predicted octanol–water partition coefficient (Wildman–Crippen LogP) is 2.05. The van der Waals surface area contributed by atoms with E-state index >= 15 is 0 Å². The summed E-state index contributed by atoms with van der Waals surface area (Å²) in [5.41, 5.74) is 1.28. The van der Waals surface area contributed by atoms with Crippen molar-refractivity contribution in [2.45, 2.75) is 25.8 Å². The number of nitrogens with zero attached hydrogens (tertiary/aromatic N) is 1. The van der Waals surface area contributed by atoms with Gasteiger partial charge in [0.25, 0.3) is 0 Å². The SMILES string of the molecule is COc1ccc(CN(C)C(=O)C2CC23CCNCC3)c(OC)c1. The fourth-order valence-electron chi connectivity index (χ4n) is 3.76. The average molecular weight is 318 g/mol. The van der Waals surface area contributed by atoms with Gasteiger partial charge in [0.2, 0.25) is 5.91 Å². The van der Waals surface area contributed by atoms with E-state index in [9.17, 15) is 4.79 Å². The predicted molar refractivity (Wildman–Crippen MR) is 88.7 cm³/mol. The van der Waals surface area contributed by atoms with Crippen molar-refractivity contribution in [1.29, 1.82) is 0 Å². The van der Waals surface area contributed by atoms with Crippen LogP contribution in [-0.4, -0.2) is 45.2 Å². The molecule has 1 unspecified atom stereocenters. The molecule has 1 saturated carbocycles. The van der Waals surface area contributed by atoms with Gasteiger partial charge in [0.05, 0.1) is 14.2 Å². The van der Waals surface area contributed by atoms with Crippen molar-refractivity contribution in [2.75, 3.05) is 34.4 Å². The van der Waals surface area contributed by atoms with Crippen LogP contribution in [-0.2, 0) is 11.3 Å². The van der Waals surface area contributed by atoms with Crippen molar-refractivity contribution in [3.8, 4) is 11.5 Å². The largest absolute Gasteiger partial charge is 0.497 e. The second kappa shape index (κ2) is 6.40. The highest BCUT2D eigenvalue weighted by atomic mass is 16.5. The number of ether oxygens (including phenoxy) is 2. The molecule has 1 N–H and O–H groups in total. The van der Waals surface area contributed by atoms with E-state index in [1.807, 2.05) is 30.1 Å². The summed E-state index contributed by atoms with van der Waals surface area (Å²) in [6.45, 7) is 2.65. The van der Waals surface area contributed by atoms with Crippen LogP contribution in [0.5, 0.6) is 11.5 Å². The van der Waals surface area contributed by atoms with Crippen LogP contribution in [0.3, 0.4) is 0 Å². The molecule has 1 aromatic carbocycles. The van der Waals surface area contributed by atoms with Gasteiger partial charge in [-0.25, -0.2) is 0 Å². The third-order valence-corrected chi connectivity index (χ3v) is 5.37. The number of piperidine rings is 1. The van der Waals surface area contributed by atoms with Gasteiger partial charge in [-0.3, -0.25) is 4.79 Å². The number of carbonyl (C=O) groups excluding carboxylic acids is 1. The topological polar surface area (TPSA) is 50.8 Å². The van der Waals surface area contributed by atoms with E-state index in [-0.39, 0.29) is 17.2 Å². The monoisotopic (exact) mass is 318 g/mol. The molecule has 1 amide bonds. The van der Waals surface area contributed by atoms with Crippen molar-refractivity contribution in [2.24, 2.45) is 11.3 Å². The number of hydrogen-bond donors (Lipinski definition) is 1. The van der Waals surface area contributed by atoms with Gasteiger partial charge in [-0.1, -0.05) is 0 Å². The van der Waals surface area contributed by atoms with Crippen LogP contribution in [0.15, 0.2) is 18.2 Å². The molecule has 1 aliphatic heterocycles. The van der Waals surface area contributed by atoms with Gasteiger partial charge in [-0.2, -0.15) is 0 Å². The molecule has 1 heterocycles. The van der Waals surface area contributed by atoms with E-state index in [2.05, 4.69) is 5.32 Å². The molecule has 0 radical (unpaired) electrons. The Labute approximate surface area is 137 Å². The Bertz CT molecular complexity index is 582. The molecular formula is C18H26N2O3. The van der Waals surface area contributed by atoms with E-state index in [0.717, 1.165) is 49.4 Å². The molecular weight excluding hydrogens is 292 g/mol. The minimum Gasteiger partial charge on any atom is -0.497 e. The Balaban J connectivity index is 1.65. The van der Waals surface area contributed by atoms with E-state index in [1.54, 1.807) is 14.2 Å². The van der Waals surface area contributed by atoms with Crippen molar-refractivity contribution in [3.63, 3.8) is 0 Å². The fourth-order valence-corrected chi connectivity index (χ4v) is 3.76. The summed E-state index contributed by atoms with van der Waals surface area (Å²) in [4.78, 5) is 14.6. The lowest BCUT2D eigenvalue weighted by Gasteiger charge is -2.25. The smallest absolute Gasteiger partial charge is 0.226 e. The van der Waals surface area contributed by atoms with Gasteiger partial charge < -0.3 is 19.7 Å². The summed E-state index contributed by atoms with van der Waals surface area (Å²) in [7, 11) is 5.17. The van der Waals surface area contributed by atoms with E-state index < -0.39 is 0 Å². The Morgan fingerprint density at radius 1 is 1.30 bits per heavy atom. The normalized spacial score (nSPS) is 21.8. The van der Waals surface area contributed by atoms with Gasteiger partial charge in [-0.05, 0) is 49.9 Å². The average Bonchev–Trinajstić information content (AvgIpc) is 3.27. The van der Waals surface area contributed by atoms with Crippen LogP contribution in [0.25, 0.3) is 0 Å². The van der Waals surface area contributed by atoms with Gasteiger partial charge in [-0.15, -0.1) is 0 Å². The molecule has 1 atom stereocenters. The molecule has 23 heavy (non-hydrogen) atoms. The van der Waals surface area contributed by atoms with Crippen LogP contribution in [0.2, 0.25) is 0 Å². The first-order valence-electron chi connectivity index (χ1n) is 8.26. The molecule has 3 rings (SSSR count). The second-order valence-corrected chi connectivity index (χ2v) is 6.74. The maximum atomic E-state index is 12.7. The summed E-state index contributed by atoms with van der Waals surface area (Å²) in [5, 5.41) is 3.38. The van der Waals surface area contributed by atoms with Crippen LogP contribution in [0, 0.1) is 11.3 Å². The lowest BCUT2D eigenvalue weighted by molar-refractivity contribution is -0.132. The summed E-state index contributed by atoms with van der Waals surface area (Å²) < 4.78 is 10.6. The molecule has 1 spiro atoms. The molecule has 1 aromatic rings. The number of benzene rings is 1. The van der Waals surface area contributed by atoms with Gasteiger partial charge >= 0.3 is 0 Å². The number of hydrogen-bond acceptors (Lipinski definition) is 4. The van der Waals surface area contributed by atoms with E-state index in [0.29, 0.717) is 6.54 Å². The summed E-state index contributed by atoms with van der Waals surface area (Å²) >= 11 is 0. The third-order valence-electron chi connectivity index (χ3n) is 5.37. The summed E-state index contributed by atoms with van der Waals surface area (Å²) in [6.07, 6.45) is 3.31. The number of amides is 1. The van der Waals surface area contributed by atoms with Crippen molar-refractivity contribution in [1.82, 2.24) is 10.2 Å². The van der Waals surface area contributed by atoms with E-state index in [1.165, 1.54) is 0 Å². The molecule has 2 fully saturated rings. The van der Waals surface area contributed by atoms with Crippen molar-refractivity contribution >= 4 is 5.91 Å². The van der Waals surface area contributed by atoms with Gasteiger partial charge in [0, 0.05) is 31.1 Å². The molecule has 5 nitrogen and oxygen atoms in total. The van der Waals surface area contributed by atoms with Gasteiger partial charge in [0.1, 0.15) is 11.5 Å². The molecule has 0 bridgehead atoms. The maximum Gasteiger partial charge on any atom is 0.226 e. The Hall–Kier alpha value is -1.75. The quantitative estimate of drug-likeness (QED) is 0.903. The highest BCUT2D eigenvalue weighted by Gasteiger charge is 2.58. The van der Waals surface area contributed by atoms with Crippen LogP contribution in [0.4, 0.5) is 0 Å². The zero-order chi connectivity index (χ0) is 16.4. The maximum absolute atomic E-state index is 12.7. The Morgan fingerprint density at radius 3 is 2.70 bits per heavy atom. The molecule has 5 heteroatoms. The number of rotatable bonds is 5. The molecule has 126 valence electrons. The first kappa shape index (κ1) is 16.1. The molecule has 2 aliphatic rings. The third kappa shape index (κ3) is 3.15. The van der Waals surface area contributed by atoms with Gasteiger partial charge in [0.15, 0.2) is 0 Å². The molecule has 0 aromatic heterocycles. The zero-order valence-electron chi connectivity index (χ0n) is 14.2.